The first-order valence-electron chi connectivity index (χ1n) is 22.2. The summed E-state index contributed by atoms with van der Waals surface area (Å²) in [4.78, 5) is 81.0. The molecule has 1 aliphatic heterocycles. The van der Waals surface area contributed by atoms with Crippen LogP contribution >= 0.6 is 0 Å². The van der Waals surface area contributed by atoms with Crippen molar-refractivity contribution in [3.8, 4) is 45.8 Å². The SMILES string of the molecule is Cc1nc(-c2ccc(OC3(C)CC3)cc2)nc(C)c1C(=O)N[C@@H](CCN)C(=O)N(C)[C@@H]1C(=O)N[C@@H](C)C(=O)N[C@H](C(=O)NCC#N)Cc2ccc(OCCN)c(c2)-c2cc1ccc2OCCN. The maximum absolute atomic E-state index is 14.7. The molecule has 1 fully saturated rings. The lowest BCUT2D eigenvalue weighted by molar-refractivity contribution is -0.141. The number of rotatable bonds is 17. The average molecular weight is 918 g/mol. The van der Waals surface area contributed by atoms with Crippen LogP contribution in [0.1, 0.15) is 72.0 Å². The highest BCUT2D eigenvalue weighted by molar-refractivity contribution is 6.00. The number of amides is 5. The van der Waals surface area contributed by atoms with Gasteiger partial charge in [0.05, 0.1) is 23.0 Å². The van der Waals surface area contributed by atoms with Crippen molar-refractivity contribution in [3.05, 3.63) is 88.7 Å². The number of benzene rings is 3. The van der Waals surface area contributed by atoms with Crippen LogP contribution in [-0.4, -0.2) is 115 Å². The fourth-order valence-electron chi connectivity index (χ4n) is 7.77. The van der Waals surface area contributed by atoms with Crippen molar-refractivity contribution in [1.29, 1.82) is 5.26 Å². The summed E-state index contributed by atoms with van der Waals surface area (Å²) in [5.74, 6) is -1.45. The summed E-state index contributed by atoms with van der Waals surface area (Å²) in [5.41, 5.74) is 21.1. The molecule has 4 aromatic rings. The van der Waals surface area contributed by atoms with Crippen LogP contribution in [0.2, 0.25) is 0 Å². The average Bonchev–Trinajstić information content (AvgIpc) is 4.04. The second kappa shape index (κ2) is 21.9. The number of nitrogens with zero attached hydrogens (tertiary/aromatic N) is 4. The number of aryl methyl sites for hydroxylation is 2. The van der Waals surface area contributed by atoms with Crippen molar-refractivity contribution in [2.75, 3.05) is 46.4 Å². The predicted molar refractivity (Wildman–Crippen MR) is 248 cm³/mol. The number of nitrogens with one attached hydrogen (secondary N) is 4. The Morgan fingerprint density at radius 1 is 0.896 bits per heavy atom. The first kappa shape index (κ1) is 49.3. The third-order valence-electron chi connectivity index (χ3n) is 11.5. The predicted octanol–water partition coefficient (Wildman–Crippen LogP) is 1.87. The van der Waals surface area contributed by atoms with E-state index in [2.05, 4.69) is 38.2 Å². The van der Waals surface area contributed by atoms with Crippen LogP contribution in [0.3, 0.4) is 0 Å². The Hall–Kier alpha value is -7.14. The van der Waals surface area contributed by atoms with E-state index in [-0.39, 0.29) is 63.4 Å². The lowest BCUT2D eigenvalue weighted by Crippen LogP contribution is -2.56. The van der Waals surface area contributed by atoms with Gasteiger partial charge in [0.25, 0.3) is 5.91 Å². The van der Waals surface area contributed by atoms with Crippen molar-refractivity contribution < 1.29 is 38.2 Å². The number of likely N-dealkylation sites (N-methyl/N-ethyl adjacent to an activating group) is 1. The van der Waals surface area contributed by atoms with E-state index in [9.17, 15) is 29.2 Å². The van der Waals surface area contributed by atoms with Gasteiger partial charge in [0.2, 0.25) is 23.6 Å². The molecule has 2 heterocycles. The Balaban J connectivity index is 1.36. The van der Waals surface area contributed by atoms with E-state index in [0.717, 1.165) is 24.2 Å². The van der Waals surface area contributed by atoms with Crippen LogP contribution in [0.5, 0.6) is 17.2 Å². The molecule has 0 spiro atoms. The fraction of sp³-hybridized carbons (Fsp3) is 0.417. The molecule has 19 nitrogen and oxygen atoms in total. The number of aromatic nitrogens is 2. The minimum atomic E-state index is -1.41. The summed E-state index contributed by atoms with van der Waals surface area (Å²) in [6, 6.07) is 14.4. The van der Waals surface area contributed by atoms with E-state index in [1.807, 2.05) is 30.3 Å². The molecule has 1 aromatic heterocycles. The van der Waals surface area contributed by atoms with Gasteiger partial charge in [-0.05, 0) is 113 Å². The Morgan fingerprint density at radius 3 is 2.12 bits per heavy atom. The Morgan fingerprint density at radius 2 is 1.52 bits per heavy atom. The molecular formula is C48H59N11O8. The molecule has 4 bridgehead atoms. The molecular weight excluding hydrogens is 859 g/mol. The van der Waals surface area contributed by atoms with Crippen LogP contribution in [-0.2, 0) is 25.6 Å². The van der Waals surface area contributed by atoms with Crippen LogP contribution in [0, 0.1) is 25.2 Å². The molecule has 0 unspecified atom stereocenters. The molecule has 67 heavy (non-hydrogen) atoms. The summed E-state index contributed by atoms with van der Waals surface area (Å²) in [6.45, 7) is 7.22. The minimum Gasteiger partial charge on any atom is -0.492 e. The van der Waals surface area contributed by atoms with Crippen molar-refractivity contribution in [2.24, 2.45) is 17.2 Å². The molecule has 354 valence electrons. The molecule has 2 aliphatic rings. The smallest absolute Gasteiger partial charge is 0.255 e. The van der Waals surface area contributed by atoms with Gasteiger partial charge >= 0.3 is 0 Å². The van der Waals surface area contributed by atoms with Gasteiger partial charge in [-0.1, -0.05) is 12.1 Å². The zero-order chi connectivity index (χ0) is 48.4. The third-order valence-corrected chi connectivity index (χ3v) is 11.5. The van der Waals surface area contributed by atoms with E-state index >= 15 is 0 Å². The normalized spacial score (nSPS) is 17.9. The lowest BCUT2D eigenvalue weighted by atomic mass is 9.93. The first-order chi connectivity index (χ1) is 32.1. The second-order valence-corrected chi connectivity index (χ2v) is 16.9. The highest BCUT2D eigenvalue weighted by Gasteiger charge is 2.40. The van der Waals surface area contributed by atoms with E-state index in [1.54, 1.807) is 50.2 Å². The molecule has 5 amide bonds. The van der Waals surface area contributed by atoms with Crippen LogP contribution in [0.4, 0.5) is 0 Å². The van der Waals surface area contributed by atoms with Gasteiger partial charge in [0, 0.05) is 43.2 Å². The van der Waals surface area contributed by atoms with Gasteiger partial charge in [-0.3, -0.25) is 24.0 Å². The summed E-state index contributed by atoms with van der Waals surface area (Å²) < 4.78 is 18.2. The molecule has 1 aliphatic carbocycles. The number of hydrogen-bond acceptors (Lipinski definition) is 14. The van der Waals surface area contributed by atoms with E-state index in [4.69, 9.17) is 31.4 Å². The minimum absolute atomic E-state index is 0.000816. The van der Waals surface area contributed by atoms with Crippen LogP contribution in [0.25, 0.3) is 22.5 Å². The summed E-state index contributed by atoms with van der Waals surface area (Å²) in [6.07, 6.45) is 2.00. The zero-order valence-corrected chi connectivity index (χ0v) is 38.4. The van der Waals surface area contributed by atoms with Gasteiger partial charge < -0.3 is 57.6 Å². The molecule has 10 N–H and O–H groups in total. The van der Waals surface area contributed by atoms with Gasteiger partial charge in [-0.25, -0.2) is 9.97 Å². The Bertz CT molecular complexity index is 2500. The maximum Gasteiger partial charge on any atom is 0.255 e. The number of fused-ring (bicyclic) bond motifs is 5. The van der Waals surface area contributed by atoms with Crippen molar-refractivity contribution in [3.63, 3.8) is 0 Å². The number of ether oxygens (including phenoxy) is 3. The number of hydrogen-bond donors (Lipinski definition) is 7. The zero-order valence-electron chi connectivity index (χ0n) is 38.4. The molecule has 0 radical (unpaired) electrons. The highest BCUT2D eigenvalue weighted by Crippen LogP contribution is 2.41. The molecule has 3 aromatic carbocycles. The molecule has 1 saturated carbocycles. The van der Waals surface area contributed by atoms with E-state index in [1.165, 1.54) is 18.9 Å². The van der Waals surface area contributed by atoms with Crippen molar-refractivity contribution >= 4 is 29.5 Å². The lowest BCUT2D eigenvalue weighted by Gasteiger charge is -2.32. The molecule has 6 rings (SSSR count). The quantitative estimate of drug-likeness (QED) is 0.0745. The Labute approximate surface area is 389 Å². The Kier molecular flexibility index (Phi) is 16.1. The maximum atomic E-state index is 14.7. The van der Waals surface area contributed by atoms with Crippen molar-refractivity contribution in [2.45, 2.75) is 83.1 Å². The molecule has 0 saturated heterocycles. The number of nitrogens with two attached hydrogens (primary N) is 3. The van der Waals surface area contributed by atoms with Crippen LogP contribution < -0.4 is 52.7 Å². The standard InChI is InChI=1S/C48H59N11O8/c1-27-40(28(2)55-42(54-27)31-7-10-33(11-8-31)67-48(4)15-16-48)45(62)57-36(14-17-49)47(64)59(5)41-32-9-13-39(66-23-20-52)35(26-32)34-24-30(6-12-38(34)65-22-19-51)25-37(44(61)53-21-18-50)58-43(60)29(3)56-46(41)63/h6-13,24,26,29,36-37,41H,14-17,19-23,25,49,51-52H2,1-5H3,(H,53,61)(H,56,63)(H,57,62)(H,58,60)/t29-,36-,37-,41-/m0/s1. The second-order valence-electron chi connectivity index (χ2n) is 16.9. The summed E-state index contributed by atoms with van der Waals surface area (Å²) in [7, 11) is 1.41. The molecule has 4 atom stereocenters. The highest BCUT2D eigenvalue weighted by atomic mass is 16.5. The van der Waals surface area contributed by atoms with E-state index < -0.39 is 53.7 Å². The fourth-order valence-corrected chi connectivity index (χ4v) is 7.77. The molecule has 19 heteroatoms. The van der Waals surface area contributed by atoms with Crippen LogP contribution in [0.15, 0.2) is 60.7 Å². The first-order valence-corrected chi connectivity index (χ1v) is 22.2. The topological polar surface area (TPSA) is 292 Å². The monoisotopic (exact) mass is 917 g/mol. The number of carbonyl (C=O) groups excluding carboxylic acids is 5. The number of carbonyl (C=O) groups is 5. The van der Waals surface area contributed by atoms with E-state index in [0.29, 0.717) is 51.0 Å². The van der Waals surface area contributed by atoms with Gasteiger partial charge in [-0.2, -0.15) is 5.26 Å². The van der Waals surface area contributed by atoms with Gasteiger partial charge in [-0.15, -0.1) is 0 Å². The summed E-state index contributed by atoms with van der Waals surface area (Å²) in [5, 5.41) is 19.9. The van der Waals surface area contributed by atoms with Crippen molar-refractivity contribution in [1.82, 2.24) is 36.1 Å². The summed E-state index contributed by atoms with van der Waals surface area (Å²) >= 11 is 0. The van der Waals surface area contributed by atoms with Gasteiger partial charge in [0.1, 0.15) is 66.8 Å². The largest absolute Gasteiger partial charge is 0.492 e. The van der Waals surface area contributed by atoms with Gasteiger partial charge in [0.15, 0.2) is 5.82 Å². The number of nitriles is 1. The third kappa shape index (κ3) is 12.0.